The molecule has 0 aliphatic carbocycles. The standard InChI is InChI=1S/C17H18N2O2/c1-12(20)13-7-6-10-15(11-13)19-16(21)17(2,18)14-8-4-3-5-9-14/h3-11H,18H2,1-2H3,(H,19,21). The minimum absolute atomic E-state index is 0.0512. The van der Waals surface area contributed by atoms with E-state index in [4.69, 9.17) is 5.73 Å². The normalized spacial score (nSPS) is 13.3. The van der Waals surface area contributed by atoms with Gasteiger partial charge in [-0.1, -0.05) is 42.5 Å². The van der Waals surface area contributed by atoms with Crippen LogP contribution in [0.4, 0.5) is 5.69 Å². The highest BCUT2D eigenvalue weighted by Crippen LogP contribution is 2.20. The lowest BCUT2D eigenvalue weighted by Gasteiger charge is -2.24. The number of hydrogen-bond donors (Lipinski definition) is 2. The highest BCUT2D eigenvalue weighted by Gasteiger charge is 2.30. The summed E-state index contributed by atoms with van der Waals surface area (Å²) in [4.78, 5) is 23.8. The Morgan fingerprint density at radius 1 is 1.05 bits per heavy atom. The van der Waals surface area contributed by atoms with E-state index in [1.165, 1.54) is 6.92 Å². The molecule has 0 aliphatic rings. The molecule has 0 heterocycles. The molecule has 0 fully saturated rings. The Hall–Kier alpha value is -2.46. The van der Waals surface area contributed by atoms with Gasteiger partial charge < -0.3 is 11.1 Å². The molecule has 1 atom stereocenters. The first-order chi connectivity index (χ1) is 9.91. The van der Waals surface area contributed by atoms with E-state index < -0.39 is 5.54 Å². The molecule has 3 N–H and O–H groups in total. The van der Waals surface area contributed by atoms with E-state index in [-0.39, 0.29) is 11.7 Å². The maximum absolute atomic E-state index is 12.4. The number of benzene rings is 2. The monoisotopic (exact) mass is 282 g/mol. The highest BCUT2D eigenvalue weighted by atomic mass is 16.2. The predicted molar refractivity (Wildman–Crippen MR) is 83.1 cm³/mol. The number of carbonyl (C=O) groups is 2. The molecule has 1 amide bonds. The first kappa shape index (κ1) is 14.9. The molecule has 4 heteroatoms. The van der Waals surface area contributed by atoms with Gasteiger partial charge >= 0.3 is 0 Å². The number of anilines is 1. The molecule has 4 nitrogen and oxygen atoms in total. The number of ketones is 1. The second-order valence-corrected chi connectivity index (χ2v) is 5.16. The molecule has 0 aliphatic heterocycles. The van der Waals surface area contributed by atoms with Crippen LogP contribution in [0.15, 0.2) is 54.6 Å². The fraction of sp³-hybridized carbons (Fsp3) is 0.176. The Morgan fingerprint density at radius 2 is 1.71 bits per heavy atom. The molecule has 2 aromatic rings. The van der Waals surface area contributed by atoms with Crippen molar-refractivity contribution in [3.63, 3.8) is 0 Å². The molecule has 21 heavy (non-hydrogen) atoms. The van der Waals surface area contributed by atoms with Gasteiger partial charge in [0.1, 0.15) is 5.54 Å². The maximum Gasteiger partial charge on any atom is 0.248 e. The van der Waals surface area contributed by atoms with Crippen molar-refractivity contribution < 1.29 is 9.59 Å². The summed E-state index contributed by atoms with van der Waals surface area (Å²) in [5, 5.41) is 2.76. The summed E-state index contributed by atoms with van der Waals surface area (Å²) in [6, 6.07) is 16.0. The predicted octanol–water partition coefficient (Wildman–Crippen LogP) is 2.70. The molecule has 0 bridgehead atoms. The average Bonchev–Trinajstić information content (AvgIpc) is 2.48. The van der Waals surface area contributed by atoms with Gasteiger partial charge in [0.25, 0.3) is 0 Å². The summed E-state index contributed by atoms with van der Waals surface area (Å²) < 4.78 is 0. The number of nitrogens with one attached hydrogen (secondary N) is 1. The number of amides is 1. The van der Waals surface area contributed by atoms with Crippen LogP contribution in [0.3, 0.4) is 0 Å². The summed E-state index contributed by atoms with van der Waals surface area (Å²) in [5.41, 5.74) is 6.83. The Labute approximate surface area is 124 Å². The maximum atomic E-state index is 12.4. The number of nitrogens with two attached hydrogens (primary N) is 1. The van der Waals surface area contributed by atoms with E-state index in [2.05, 4.69) is 5.32 Å². The summed E-state index contributed by atoms with van der Waals surface area (Å²) in [7, 11) is 0. The highest BCUT2D eigenvalue weighted by molar-refractivity contribution is 6.00. The average molecular weight is 282 g/mol. The molecular weight excluding hydrogens is 264 g/mol. The van der Waals surface area contributed by atoms with E-state index >= 15 is 0 Å². The van der Waals surface area contributed by atoms with Crippen molar-refractivity contribution in [2.75, 3.05) is 5.32 Å². The third-order valence-corrected chi connectivity index (χ3v) is 3.37. The van der Waals surface area contributed by atoms with Crippen molar-refractivity contribution in [3.05, 3.63) is 65.7 Å². The fourth-order valence-electron chi connectivity index (χ4n) is 1.99. The number of rotatable bonds is 4. The van der Waals surface area contributed by atoms with Crippen molar-refractivity contribution in [1.29, 1.82) is 0 Å². The first-order valence-electron chi connectivity index (χ1n) is 6.68. The molecule has 2 rings (SSSR count). The quantitative estimate of drug-likeness (QED) is 0.847. The topological polar surface area (TPSA) is 72.2 Å². The van der Waals surface area contributed by atoms with E-state index in [1.807, 2.05) is 30.3 Å². The summed E-state index contributed by atoms with van der Waals surface area (Å²) >= 11 is 0. The molecule has 0 saturated carbocycles. The first-order valence-corrected chi connectivity index (χ1v) is 6.68. The van der Waals surface area contributed by atoms with Crippen LogP contribution in [0.1, 0.15) is 29.8 Å². The minimum Gasteiger partial charge on any atom is -0.324 e. The van der Waals surface area contributed by atoms with Crippen LogP contribution < -0.4 is 11.1 Å². The van der Waals surface area contributed by atoms with Gasteiger partial charge in [-0.3, -0.25) is 9.59 Å². The van der Waals surface area contributed by atoms with Crippen LogP contribution in [0, 0.1) is 0 Å². The third kappa shape index (κ3) is 3.35. The molecule has 108 valence electrons. The van der Waals surface area contributed by atoms with E-state index in [1.54, 1.807) is 31.2 Å². The van der Waals surface area contributed by atoms with Gasteiger partial charge in [-0.2, -0.15) is 0 Å². The van der Waals surface area contributed by atoms with Gasteiger partial charge in [-0.25, -0.2) is 0 Å². The Bertz CT molecular complexity index is 664. The van der Waals surface area contributed by atoms with E-state index in [0.717, 1.165) is 5.56 Å². The number of hydrogen-bond acceptors (Lipinski definition) is 3. The van der Waals surface area contributed by atoms with Crippen molar-refractivity contribution in [2.45, 2.75) is 19.4 Å². The molecule has 1 unspecified atom stereocenters. The molecule has 0 spiro atoms. The van der Waals surface area contributed by atoms with Gasteiger partial charge in [0.2, 0.25) is 5.91 Å². The molecule has 2 aromatic carbocycles. The summed E-state index contributed by atoms with van der Waals surface area (Å²) in [6.07, 6.45) is 0. The van der Waals surface area contributed by atoms with Gasteiger partial charge in [-0.15, -0.1) is 0 Å². The van der Waals surface area contributed by atoms with Crippen molar-refractivity contribution in [3.8, 4) is 0 Å². The summed E-state index contributed by atoms with van der Waals surface area (Å²) in [5.74, 6) is -0.376. The largest absolute Gasteiger partial charge is 0.324 e. The molecule has 0 saturated heterocycles. The fourth-order valence-corrected chi connectivity index (χ4v) is 1.99. The van der Waals surface area contributed by atoms with Crippen LogP contribution in [0.2, 0.25) is 0 Å². The van der Waals surface area contributed by atoms with Gasteiger partial charge in [0.15, 0.2) is 5.78 Å². The molecule has 0 aromatic heterocycles. The minimum atomic E-state index is -1.15. The van der Waals surface area contributed by atoms with Crippen LogP contribution in [-0.4, -0.2) is 11.7 Å². The number of Topliss-reactive ketones (excluding diaryl/α,β-unsaturated/α-hetero) is 1. The number of carbonyl (C=O) groups excluding carboxylic acids is 2. The smallest absolute Gasteiger partial charge is 0.248 e. The van der Waals surface area contributed by atoms with Crippen LogP contribution in [0.5, 0.6) is 0 Å². The van der Waals surface area contributed by atoms with Gasteiger partial charge in [-0.05, 0) is 31.5 Å². The second-order valence-electron chi connectivity index (χ2n) is 5.16. The Morgan fingerprint density at radius 3 is 2.33 bits per heavy atom. The lowest BCUT2D eigenvalue weighted by Crippen LogP contribution is -2.45. The molecular formula is C17H18N2O2. The van der Waals surface area contributed by atoms with Crippen molar-refractivity contribution >= 4 is 17.4 Å². The third-order valence-electron chi connectivity index (χ3n) is 3.37. The van der Waals surface area contributed by atoms with Gasteiger partial charge in [0.05, 0.1) is 0 Å². The zero-order chi connectivity index (χ0) is 15.5. The second kappa shape index (κ2) is 5.89. The Balaban J connectivity index is 2.21. The van der Waals surface area contributed by atoms with Gasteiger partial charge in [0, 0.05) is 11.3 Å². The van der Waals surface area contributed by atoms with Crippen molar-refractivity contribution in [1.82, 2.24) is 0 Å². The van der Waals surface area contributed by atoms with Crippen LogP contribution in [0.25, 0.3) is 0 Å². The SMILES string of the molecule is CC(=O)c1cccc(NC(=O)C(C)(N)c2ccccc2)c1. The van der Waals surface area contributed by atoms with E-state index in [0.29, 0.717) is 11.3 Å². The van der Waals surface area contributed by atoms with Crippen LogP contribution in [-0.2, 0) is 10.3 Å². The zero-order valence-corrected chi connectivity index (χ0v) is 12.1. The lowest BCUT2D eigenvalue weighted by atomic mass is 9.92. The van der Waals surface area contributed by atoms with Crippen LogP contribution >= 0.6 is 0 Å². The van der Waals surface area contributed by atoms with E-state index in [9.17, 15) is 9.59 Å². The molecule has 0 radical (unpaired) electrons. The summed E-state index contributed by atoms with van der Waals surface area (Å²) in [6.45, 7) is 3.14. The lowest BCUT2D eigenvalue weighted by molar-refractivity contribution is -0.120. The van der Waals surface area contributed by atoms with Crippen molar-refractivity contribution in [2.24, 2.45) is 5.73 Å². The Kier molecular flexibility index (Phi) is 4.19. The zero-order valence-electron chi connectivity index (χ0n) is 12.1.